The Kier molecular flexibility index (Phi) is 6.28. The topological polar surface area (TPSA) is 82.4 Å². The fraction of sp³-hybridized carbons (Fsp3) is 0.318. The summed E-state index contributed by atoms with van der Waals surface area (Å²) in [6, 6.07) is 18.0. The molecule has 28 heavy (non-hydrogen) atoms. The van der Waals surface area contributed by atoms with Gasteiger partial charge >= 0.3 is 0 Å². The molecule has 1 heterocycles. The molecule has 0 unspecified atom stereocenters. The first-order valence-corrected chi connectivity index (χ1v) is 9.38. The van der Waals surface area contributed by atoms with E-state index in [4.69, 9.17) is 10.00 Å². The van der Waals surface area contributed by atoms with Crippen molar-refractivity contribution in [3.63, 3.8) is 0 Å². The molecule has 3 rings (SSSR count). The van der Waals surface area contributed by atoms with Crippen LogP contribution in [0.2, 0.25) is 0 Å². The van der Waals surface area contributed by atoms with Gasteiger partial charge in [-0.05, 0) is 56.2 Å². The average Bonchev–Trinajstić information content (AvgIpc) is 2.74. The van der Waals surface area contributed by atoms with E-state index in [1.165, 1.54) is 0 Å². The van der Waals surface area contributed by atoms with Crippen molar-refractivity contribution in [3.8, 4) is 11.8 Å². The molecule has 0 saturated carbocycles. The molecule has 1 N–H and O–H groups in total. The molecule has 2 amide bonds. The van der Waals surface area contributed by atoms with Crippen LogP contribution in [0, 0.1) is 17.2 Å². The van der Waals surface area contributed by atoms with E-state index in [0.717, 1.165) is 18.5 Å². The van der Waals surface area contributed by atoms with Crippen molar-refractivity contribution in [3.05, 3.63) is 60.2 Å². The van der Waals surface area contributed by atoms with Crippen molar-refractivity contribution in [1.29, 1.82) is 5.26 Å². The van der Waals surface area contributed by atoms with Gasteiger partial charge in [0.2, 0.25) is 5.91 Å². The minimum Gasteiger partial charge on any atom is -0.481 e. The van der Waals surface area contributed by atoms with Crippen molar-refractivity contribution in [2.75, 3.05) is 18.4 Å². The number of ether oxygens (including phenoxy) is 1. The number of nitrogens with one attached hydrogen (secondary N) is 1. The Morgan fingerprint density at radius 3 is 2.57 bits per heavy atom. The van der Waals surface area contributed by atoms with Crippen LogP contribution >= 0.6 is 0 Å². The molecule has 1 aliphatic heterocycles. The summed E-state index contributed by atoms with van der Waals surface area (Å²) < 4.78 is 5.72. The summed E-state index contributed by atoms with van der Waals surface area (Å²) in [5.41, 5.74) is 1.29. The summed E-state index contributed by atoms with van der Waals surface area (Å²) in [6.45, 7) is 2.71. The van der Waals surface area contributed by atoms with Gasteiger partial charge in [0, 0.05) is 18.8 Å². The zero-order valence-electron chi connectivity index (χ0n) is 15.8. The average molecular weight is 377 g/mol. The summed E-state index contributed by atoms with van der Waals surface area (Å²) >= 11 is 0. The third kappa shape index (κ3) is 4.89. The van der Waals surface area contributed by atoms with Gasteiger partial charge in [0.25, 0.3) is 5.91 Å². The Bertz CT molecular complexity index is 859. The molecule has 0 spiro atoms. The van der Waals surface area contributed by atoms with Crippen LogP contribution < -0.4 is 10.1 Å². The largest absolute Gasteiger partial charge is 0.481 e. The molecule has 0 aromatic heterocycles. The normalized spacial score (nSPS) is 17.3. The number of anilines is 1. The lowest BCUT2D eigenvalue weighted by atomic mass is 9.96. The molecule has 2 aromatic carbocycles. The second-order valence-corrected chi connectivity index (χ2v) is 6.87. The Balaban J connectivity index is 1.57. The second-order valence-electron chi connectivity index (χ2n) is 6.87. The Hall–Kier alpha value is -3.33. The minimum absolute atomic E-state index is 0.0654. The standard InChI is InChI=1S/C22H23N3O3/c1-16(28-20-11-9-17(14-23)10-12-20)22(27)25-13-5-6-18(15-25)21(26)24-19-7-3-2-4-8-19/h2-4,7-12,16,18H,5-6,13,15H2,1H3,(H,24,26)/t16-,18-/m0/s1. The monoisotopic (exact) mass is 377 g/mol. The summed E-state index contributed by atoms with van der Waals surface area (Å²) in [7, 11) is 0. The Morgan fingerprint density at radius 2 is 1.89 bits per heavy atom. The first-order chi connectivity index (χ1) is 13.6. The number of nitrogens with zero attached hydrogens (tertiary/aromatic N) is 2. The number of rotatable bonds is 5. The van der Waals surface area contributed by atoms with Crippen LogP contribution in [-0.2, 0) is 9.59 Å². The molecule has 0 aliphatic carbocycles. The predicted molar refractivity (Wildman–Crippen MR) is 106 cm³/mol. The van der Waals surface area contributed by atoms with Crippen molar-refractivity contribution in [1.82, 2.24) is 4.90 Å². The van der Waals surface area contributed by atoms with Gasteiger partial charge in [-0.15, -0.1) is 0 Å². The lowest BCUT2D eigenvalue weighted by molar-refractivity contribution is -0.140. The van der Waals surface area contributed by atoms with Gasteiger partial charge in [-0.1, -0.05) is 18.2 Å². The summed E-state index contributed by atoms with van der Waals surface area (Å²) in [4.78, 5) is 27.0. The van der Waals surface area contributed by atoms with Crippen LogP contribution in [0.5, 0.6) is 5.75 Å². The molecule has 144 valence electrons. The number of para-hydroxylation sites is 1. The molecular formula is C22H23N3O3. The van der Waals surface area contributed by atoms with Gasteiger partial charge in [-0.25, -0.2) is 0 Å². The minimum atomic E-state index is -0.663. The van der Waals surface area contributed by atoms with Gasteiger partial charge in [-0.2, -0.15) is 5.26 Å². The molecule has 0 radical (unpaired) electrons. The highest BCUT2D eigenvalue weighted by molar-refractivity contribution is 5.93. The van der Waals surface area contributed by atoms with Crippen molar-refractivity contribution >= 4 is 17.5 Å². The number of hydrogen-bond donors (Lipinski definition) is 1. The molecular weight excluding hydrogens is 354 g/mol. The molecule has 1 aliphatic rings. The first-order valence-electron chi connectivity index (χ1n) is 9.38. The van der Waals surface area contributed by atoms with Gasteiger partial charge in [0.05, 0.1) is 17.6 Å². The van der Waals surface area contributed by atoms with E-state index >= 15 is 0 Å². The van der Waals surface area contributed by atoms with Crippen molar-refractivity contribution in [2.45, 2.75) is 25.9 Å². The fourth-order valence-electron chi connectivity index (χ4n) is 3.28. The molecule has 1 fully saturated rings. The third-order valence-electron chi connectivity index (χ3n) is 4.79. The number of carbonyl (C=O) groups excluding carboxylic acids is 2. The van der Waals surface area contributed by atoms with Gasteiger partial charge in [-0.3, -0.25) is 9.59 Å². The predicted octanol–water partition coefficient (Wildman–Crippen LogP) is 3.20. The van der Waals surface area contributed by atoms with E-state index in [0.29, 0.717) is 24.4 Å². The van der Waals surface area contributed by atoms with Crippen LogP contribution in [0.25, 0.3) is 0 Å². The highest BCUT2D eigenvalue weighted by atomic mass is 16.5. The number of hydrogen-bond acceptors (Lipinski definition) is 4. The van der Waals surface area contributed by atoms with E-state index in [1.807, 2.05) is 36.4 Å². The zero-order chi connectivity index (χ0) is 19.9. The van der Waals surface area contributed by atoms with Crippen LogP contribution in [0.1, 0.15) is 25.3 Å². The highest BCUT2D eigenvalue weighted by Gasteiger charge is 2.31. The number of benzene rings is 2. The second kappa shape index (κ2) is 9.05. The van der Waals surface area contributed by atoms with Crippen molar-refractivity contribution in [2.24, 2.45) is 5.92 Å². The lowest BCUT2D eigenvalue weighted by Gasteiger charge is -2.33. The van der Waals surface area contributed by atoms with E-state index in [-0.39, 0.29) is 17.7 Å². The smallest absolute Gasteiger partial charge is 0.263 e. The van der Waals surface area contributed by atoms with Gasteiger partial charge < -0.3 is 15.0 Å². The molecule has 6 nitrogen and oxygen atoms in total. The van der Waals surface area contributed by atoms with Crippen LogP contribution in [0.15, 0.2) is 54.6 Å². The number of carbonyl (C=O) groups is 2. The van der Waals surface area contributed by atoms with E-state index < -0.39 is 6.10 Å². The molecule has 1 saturated heterocycles. The van der Waals surface area contributed by atoms with Crippen molar-refractivity contribution < 1.29 is 14.3 Å². The SMILES string of the molecule is C[C@H](Oc1ccc(C#N)cc1)C(=O)N1CCC[C@H](C(=O)Nc2ccccc2)C1. The molecule has 2 atom stereocenters. The summed E-state index contributed by atoms with van der Waals surface area (Å²) in [5.74, 6) is 0.0983. The number of nitriles is 1. The Morgan fingerprint density at radius 1 is 1.18 bits per heavy atom. The van der Waals surface area contributed by atoms with Crippen LogP contribution in [-0.4, -0.2) is 35.9 Å². The maximum atomic E-state index is 12.8. The molecule has 0 bridgehead atoms. The van der Waals surface area contributed by atoms with E-state index in [2.05, 4.69) is 5.32 Å². The Labute approximate surface area is 164 Å². The maximum Gasteiger partial charge on any atom is 0.263 e. The fourth-order valence-corrected chi connectivity index (χ4v) is 3.28. The number of amides is 2. The quantitative estimate of drug-likeness (QED) is 0.867. The molecule has 6 heteroatoms. The van der Waals surface area contributed by atoms with Gasteiger partial charge in [0.15, 0.2) is 6.10 Å². The zero-order valence-corrected chi connectivity index (χ0v) is 15.8. The van der Waals surface area contributed by atoms with Gasteiger partial charge in [0.1, 0.15) is 5.75 Å². The lowest BCUT2D eigenvalue weighted by Crippen LogP contribution is -2.48. The summed E-state index contributed by atoms with van der Waals surface area (Å²) in [5, 5.41) is 11.8. The number of likely N-dealkylation sites (tertiary alicyclic amines) is 1. The van der Waals surface area contributed by atoms with E-state index in [9.17, 15) is 9.59 Å². The molecule has 2 aromatic rings. The maximum absolute atomic E-state index is 12.8. The van der Waals surface area contributed by atoms with Crippen LogP contribution in [0.4, 0.5) is 5.69 Å². The highest BCUT2D eigenvalue weighted by Crippen LogP contribution is 2.21. The third-order valence-corrected chi connectivity index (χ3v) is 4.79. The number of piperidine rings is 1. The van der Waals surface area contributed by atoms with E-state index in [1.54, 1.807) is 36.1 Å². The first kappa shape index (κ1) is 19.4. The summed E-state index contributed by atoms with van der Waals surface area (Å²) in [6.07, 6.45) is 0.874. The van der Waals surface area contributed by atoms with Crippen LogP contribution in [0.3, 0.4) is 0 Å².